The topological polar surface area (TPSA) is 52.3 Å². The molecule has 3 nitrogen and oxygen atoms in total. The molecule has 0 aromatic heterocycles. The van der Waals surface area contributed by atoms with Crippen LogP contribution in [-0.4, -0.2) is 25.5 Å². The van der Waals surface area contributed by atoms with Crippen molar-refractivity contribution in [1.29, 1.82) is 0 Å². The third kappa shape index (κ3) is 4.26. The van der Waals surface area contributed by atoms with E-state index in [-0.39, 0.29) is 12.4 Å². The molecule has 0 aromatic carbocycles. The van der Waals surface area contributed by atoms with Crippen molar-refractivity contribution in [3.8, 4) is 0 Å². The third-order valence-electron chi connectivity index (χ3n) is 1.68. The summed E-state index contributed by atoms with van der Waals surface area (Å²) in [5, 5.41) is 0. The largest absolute Gasteiger partial charge is 0.383 e. The minimum absolute atomic E-state index is 0.00343. The van der Waals surface area contributed by atoms with Crippen LogP contribution in [-0.2, 0) is 9.53 Å². The number of hydrogen-bond donors (Lipinski definition) is 1. The highest BCUT2D eigenvalue weighted by Gasteiger charge is 2.12. The summed E-state index contributed by atoms with van der Waals surface area (Å²) in [4.78, 5) is 11.2. The highest BCUT2D eigenvalue weighted by Crippen LogP contribution is 2.04. The van der Waals surface area contributed by atoms with E-state index in [1.54, 1.807) is 0 Å². The Balaban J connectivity index is 3.78. The van der Waals surface area contributed by atoms with E-state index in [1.165, 1.54) is 7.11 Å². The van der Waals surface area contributed by atoms with Crippen molar-refractivity contribution in [2.45, 2.75) is 25.8 Å². The molecule has 12 heavy (non-hydrogen) atoms. The van der Waals surface area contributed by atoms with Crippen LogP contribution in [0.1, 0.15) is 19.8 Å². The van der Waals surface area contributed by atoms with Crippen LogP contribution >= 0.6 is 0 Å². The summed E-state index contributed by atoms with van der Waals surface area (Å²) in [6, 6.07) is -0.502. The zero-order valence-corrected chi connectivity index (χ0v) is 7.80. The maximum Gasteiger partial charge on any atom is 0.155 e. The molecule has 0 rings (SSSR count). The standard InChI is InChI=1S/C9H17NO2/c1-4-7(2)5-9(11)8(10)6-12-3/h8H,2,4-6,10H2,1,3H3. The van der Waals surface area contributed by atoms with Crippen LogP contribution in [0.5, 0.6) is 0 Å². The number of allylic oxidation sites excluding steroid dienone is 1. The fourth-order valence-corrected chi connectivity index (χ4v) is 0.775. The molecule has 0 radical (unpaired) electrons. The number of hydrogen-bond acceptors (Lipinski definition) is 3. The Bertz CT molecular complexity index is 166. The molecule has 0 fully saturated rings. The summed E-state index contributed by atoms with van der Waals surface area (Å²) in [5.41, 5.74) is 6.44. The van der Waals surface area contributed by atoms with Crippen molar-refractivity contribution < 1.29 is 9.53 Å². The van der Waals surface area contributed by atoms with Gasteiger partial charge in [0.05, 0.1) is 12.6 Å². The Morgan fingerprint density at radius 2 is 2.25 bits per heavy atom. The van der Waals surface area contributed by atoms with Crippen molar-refractivity contribution in [1.82, 2.24) is 0 Å². The van der Waals surface area contributed by atoms with Gasteiger partial charge in [-0.15, -0.1) is 0 Å². The van der Waals surface area contributed by atoms with Gasteiger partial charge in [-0.25, -0.2) is 0 Å². The molecule has 1 atom stereocenters. The Labute approximate surface area is 73.6 Å². The molecular weight excluding hydrogens is 154 g/mol. The number of carbonyl (C=O) groups excluding carboxylic acids is 1. The first-order valence-electron chi connectivity index (χ1n) is 4.05. The van der Waals surface area contributed by atoms with E-state index in [0.717, 1.165) is 12.0 Å². The average Bonchev–Trinajstić information content (AvgIpc) is 2.04. The van der Waals surface area contributed by atoms with E-state index < -0.39 is 6.04 Å². The van der Waals surface area contributed by atoms with Crippen LogP contribution < -0.4 is 5.73 Å². The van der Waals surface area contributed by atoms with E-state index in [2.05, 4.69) is 6.58 Å². The Morgan fingerprint density at radius 3 is 2.67 bits per heavy atom. The number of rotatable bonds is 6. The monoisotopic (exact) mass is 171 g/mol. The van der Waals surface area contributed by atoms with E-state index in [9.17, 15) is 4.79 Å². The van der Waals surface area contributed by atoms with Crippen LogP contribution in [0.2, 0.25) is 0 Å². The minimum atomic E-state index is -0.502. The molecule has 3 heteroatoms. The van der Waals surface area contributed by atoms with Gasteiger partial charge in [-0.1, -0.05) is 19.1 Å². The first-order chi connectivity index (χ1) is 5.61. The number of methoxy groups -OCH3 is 1. The first kappa shape index (κ1) is 11.3. The normalized spacial score (nSPS) is 12.6. The highest BCUT2D eigenvalue weighted by atomic mass is 16.5. The molecule has 0 saturated carbocycles. The van der Waals surface area contributed by atoms with Gasteiger partial charge in [-0.3, -0.25) is 4.79 Å². The smallest absolute Gasteiger partial charge is 0.155 e. The van der Waals surface area contributed by atoms with Gasteiger partial charge in [0, 0.05) is 13.5 Å². The first-order valence-corrected chi connectivity index (χ1v) is 4.05. The van der Waals surface area contributed by atoms with Crippen LogP contribution in [0.25, 0.3) is 0 Å². The Kier molecular flexibility index (Phi) is 5.58. The highest BCUT2D eigenvalue weighted by molar-refractivity contribution is 5.85. The fourth-order valence-electron chi connectivity index (χ4n) is 0.775. The molecule has 0 saturated heterocycles. The molecule has 0 aliphatic heterocycles. The number of nitrogens with two attached hydrogens (primary N) is 1. The second-order valence-corrected chi connectivity index (χ2v) is 2.81. The summed E-state index contributed by atoms with van der Waals surface area (Å²) in [5.74, 6) is 0.00343. The molecule has 0 heterocycles. The number of ketones is 1. The lowest BCUT2D eigenvalue weighted by Crippen LogP contribution is -2.34. The lowest BCUT2D eigenvalue weighted by atomic mass is 10.0. The van der Waals surface area contributed by atoms with E-state index >= 15 is 0 Å². The lowest BCUT2D eigenvalue weighted by Gasteiger charge is -2.09. The van der Waals surface area contributed by atoms with Crippen molar-refractivity contribution in [2.24, 2.45) is 5.73 Å². The van der Waals surface area contributed by atoms with E-state index in [0.29, 0.717) is 6.42 Å². The molecule has 0 bridgehead atoms. The summed E-state index contributed by atoms with van der Waals surface area (Å²) >= 11 is 0. The molecule has 1 unspecified atom stereocenters. The van der Waals surface area contributed by atoms with Crippen molar-refractivity contribution >= 4 is 5.78 Å². The van der Waals surface area contributed by atoms with Gasteiger partial charge in [-0.2, -0.15) is 0 Å². The zero-order chi connectivity index (χ0) is 9.56. The second-order valence-electron chi connectivity index (χ2n) is 2.81. The van der Waals surface area contributed by atoms with Crippen LogP contribution in [0.3, 0.4) is 0 Å². The molecule has 0 aliphatic carbocycles. The van der Waals surface area contributed by atoms with Gasteiger partial charge in [-0.05, 0) is 6.42 Å². The minimum Gasteiger partial charge on any atom is -0.383 e. The molecule has 0 spiro atoms. The molecular formula is C9H17NO2. The van der Waals surface area contributed by atoms with Gasteiger partial charge in [0.25, 0.3) is 0 Å². The van der Waals surface area contributed by atoms with Gasteiger partial charge in [0.15, 0.2) is 5.78 Å². The number of ether oxygens (including phenoxy) is 1. The van der Waals surface area contributed by atoms with E-state index in [4.69, 9.17) is 10.5 Å². The number of carbonyl (C=O) groups is 1. The molecule has 0 amide bonds. The van der Waals surface area contributed by atoms with Gasteiger partial charge >= 0.3 is 0 Å². The summed E-state index contributed by atoms with van der Waals surface area (Å²) in [6.07, 6.45) is 1.20. The molecule has 0 aromatic rings. The van der Waals surface area contributed by atoms with Gasteiger partial charge in [0.1, 0.15) is 0 Å². The molecule has 2 N–H and O–H groups in total. The Hall–Kier alpha value is -0.670. The molecule has 70 valence electrons. The maximum atomic E-state index is 11.2. The Morgan fingerprint density at radius 1 is 1.67 bits per heavy atom. The predicted octanol–water partition coefficient (Wildman–Crippen LogP) is 0.886. The van der Waals surface area contributed by atoms with Gasteiger partial charge < -0.3 is 10.5 Å². The van der Waals surface area contributed by atoms with E-state index in [1.807, 2.05) is 6.92 Å². The quantitative estimate of drug-likeness (QED) is 0.604. The second kappa shape index (κ2) is 5.91. The van der Waals surface area contributed by atoms with Crippen LogP contribution in [0.15, 0.2) is 12.2 Å². The van der Waals surface area contributed by atoms with Crippen molar-refractivity contribution in [3.63, 3.8) is 0 Å². The number of Topliss-reactive ketones (excluding diaryl/α,β-unsaturated/α-hetero) is 1. The SMILES string of the molecule is C=C(CC)CC(=O)C(N)COC. The summed E-state index contributed by atoms with van der Waals surface area (Å²) in [7, 11) is 1.53. The van der Waals surface area contributed by atoms with Gasteiger partial charge in [0.2, 0.25) is 0 Å². The van der Waals surface area contributed by atoms with Crippen LogP contribution in [0.4, 0.5) is 0 Å². The van der Waals surface area contributed by atoms with Crippen LogP contribution in [0, 0.1) is 0 Å². The van der Waals surface area contributed by atoms with Crippen molar-refractivity contribution in [2.75, 3.05) is 13.7 Å². The predicted molar refractivity (Wildman–Crippen MR) is 48.9 cm³/mol. The zero-order valence-electron chi connectivity index (χ0n) is 7.80. The summed E-state index contributed by atoms with van der Waals surface area (Å²) in [6.45, 7) is 6.00. The third-order valence-corrected chi connectivity index (χ3v) is 1.68. The lowest BCUT2D eigenvalue weighted by molar-refractivity contribution is -0.120. The maximum absolute atomic E-state index is 11.2. The molecule has 0 aliphatic rings. The average molecular weight is 171 g/mol. The fraction of sp³-hybridized carbons (Fsp3) is 0.667. The van der Waals surface area contributed by atoms with Crippen molar-refractivity contribution in [3.05, 3.63) is 12.2 Å². The summed E-state index contributed by atoms with van der Waals surface area (Å²) < 4.78 is 4.76.